The number of hydrogen-bond acceptors (Lipinski definition) is 9. The molecule has 0 aromatic heterocycles. The molecule has 370 valence electrons. The zero-order valence-corrected chi connectivity index (χ0v) is 42.2. The van der Waals surface area contributed by atoms with Gasteiger partial charge in [0.1, 0.15) is 31.5 Å². The van der Waals surface area contributed by atoms with Crippen LogP contribution in [0.2, 0.25) is 0 Å². The van der Waals surface area contributed by atoms with E-state index < -0.39 is 37.8 Å². The first-order valence-corrected chi connectivity index (χ1v) is 26.4. The molecule has 8 aromatic rings. The van der Waals surface area contributed by atoms with Gasteiger partial charge in [-0.1, -0.05) is 224 Å². The van der Waals surface area contributed by atoms with Crippen molar-refractivity contribution >= 4 is 14.5 Å². The van der Waals surface area contributed by atoms with E-state index in [1.165, 1.54) is 5.56 Å². The Hall–Kier alpha value is -7.20. The van der Waals surface area contributed by atoms with Gasteiger partial charge in [0, 0.05) is 6.42 Å². The van der Waals surface area contributed by atoms with Crippen LogP contribution in [0, 0.1) is 0 Å². The van der Waals surface area contributed by atoms with E-state index in [1.807, 2.05) is 111 Å². The lowest BCUT2D eigenvalue weighted by Crippen LogP contribution is -2.53. The normalized spacial score (nSPS) is 22.3. The fraction of sp³-hybridized carbons (Fsp3) is 0.203. The van der Waals surface area contributed by atoms with Crippen LogP contribution < -0.4 is 5.32 Å². The van der Waals surface area contributed by atoms with Crippen LogP contribution in [0.4, 0.5) is 0 Å². The van der Waals surface area contributed by atoms with Crippen LogP contribution in [-0.4, -0.2) is 37.1 Å². The summed E-state index contributed by atoms with van der Waals surface area (Å²) >= 11 is 0. The van der Waals surface area contributed by atoms with E-state index in [1.54, 1.807) is 0 Å². The highest BCUT2D eigenvalue weighted by atomic mass is 31.2. The molecule has 1 N–H and O–H groups in total. The zero-order valence-electron chi connectivity index (χ0n) is 41.3. The van der Waals surface area contributed by atoms with E-state index in [2.05, 4.69) is 139 Å². The number of nitrogens with zero attached hydrogens (tertiary/aromatic N) is 1. The predicted molar refractivity (Wildman–Crippen MR) is 288 cm³/mol. The number of aliphatic imine (C=N–C) groups is 1. The molecule has 12 rings (SSSR count). The van der Waals surface area contributed by atoms with Crippen molar-refractivity contribution in [3.63, 3.8) is 0 Å². The molecular formula is C64H57N2O7P. The van der Waals surface area contributed by atoms with Crippen molar-refractivity contribution in [3.05, 3.63) is 286 Å². The summed E-state index contributed by atoms with van der Waals surface area (Å²) in [6.07, 6.45) is -0.830. The second kappa shape index (κ2) is 20.6. The van der Waals surface area contributed by atoms with Crippen molar-refractivity contribution in [1.29, 1.82) is 0 Å². The summed E-state index contributed by atoms with van der Waals surface area (Å²) in [6.45, 7) is 5.12. The molecule has 4 atom stereocenters. The molecule has 9 nitrogen and oxygen atoms in total. The highest BCUT2D eigenvalue weighted by molar-refractivity contribution is 7.41. The lowest BCUT2D eigenvalue weighted by atomic mass is 9.72. The second-order valence-corrected chi connectivity index (χ2v) is 20.6. The van der Waals surface area contributed by atoms with Crippen LogP contribution >= 0.6 is 8.60 Å². The van der Waals surface area contributed by atoms with Gasteiger partial charge in [-0.25, -0.2) is 4.99 Å². The lowest BCUT2D eigenvalue weighted by molar-refractivity contribution is -0.176. The molecular weight excluding hydrogens is 940 g/mol. The van der Waals surface area contributed by atoms with Crippen molar-refractivity contribution in [2.45, 2.75) is 68.2 Å². The molecule has 0 radical (unpaired) electrons. The van der Waals surface area contributed by atoms with Crippen LogP contribution in [0.3, 0.4) is 0 Å². The van der Waals surface area contributed by atoms with Gasteiger partial charge >= 0.3 is 8.60 Å². The number of benzene rings is 8. The monoisotopic (exact) mass is 996 g/mol. The van der Waals surface area contributed by atoms with Crippen LogP contribution in [0.15, 0.2) is 247 Å². The third kappa shape index (κ3) is 9.37. The van der Waals surface area contributed by atoms with Gasteiger partial charge in [0.25, 0.3) is 0 Å². The fourth-order valence-corrected chi connectivity index (χ4v) is 12.3. The topological polar surface area (TPSA) is 89.0 Å². The molecule has 10 heteroatoms. The van der Waals surface area contributed by atoms with Crippen molar-refractivity contribution < 1.29 is 32.5 Å². The molecule has 4 aliphatic rings. The Labute approximate surface area is 434 Å². The third-order valence-corrected chi connectivity index (χ3v) is 15.6. The third-order valence-electron chi connectivity index (χ3n) is 14.3. The molecule has 0 unspecified atom stereocenters. The Morgan fingerprint density at radius 2 is 1.03 bits per heavy atom. The first-order valence-electron chi connectivity index (χ1n) is 25.4. The molecule has 0 spiro atoms. The summed E-state index contributed by atoms with van der Waals surface area (Å²) in [5.41, 5.74) is 8.53. The van der Waals surface area contributed by atoms with Gasteiger partial charge in [-0.15, -0.1) is 0 Å². The minimum atomic E-state index is -2.17. The minimum absolute atomic E-state index is 0.0225. The van der Waals surface area contributed by atoms with Gasteiger partial charge in [0.2, 0.25) is 5.90 Å². The first-order chi connectivity index (χ1) is 36.3. The highest BCUT2D eigenvalue weighted by Crippen LogP contribution is 2.65. The summed E-state index contributed by atoms with van der Waals surface area (Å²) in [7, 11) is -2.17. The van der Waals surface area contributed by atoms with E-state index in [0.29, 0.717) is 31.4 Å². The second-order valence-electron chi connectivity index (χ2n) is 19.6. The maximum atomic E-state index is 7.57. The van der Waals surface area contributed by atoms with Crippen molar-refractivity contribution in [3.8, 4) is 11.1 Å². The molecule has 8 aromatic carbocycles. The predicted octanol–water partition coefficient (Wildman–Crippen LogP) is 13.8. The van der Waals surface area contributed by atoms with Gasteiger partial charge < -0.3 is 28.8 Å². The average Bonchev–Trinajstić information content (AvgIpc) is 4.23. The molecule has 0 bridgehead atoms. The Morgan fingerprint density at radius 3 is 1.55 bits per heavy atom. The summed E-state index contributed by atoms with van der Waals surface area (Å²) in [5.74, 6) is 0.314. The molecule has 4 heterocycles. The number of fused-ring (bicyclic) bond motifs is 1. The molecule has 4 aliphatic heterocycles. The van der Waals surface area contributed by atoms with E-state index in [9.17, 15) is 0 Å². The van der Waals surface area contributed by atoms with E-state index in [0.717, 1.165) is 55.6 Å². The van der Waals surface area contributed by atoms with Crippen LogP contribution in [0.25, 0.3) is 11.1 Å². The van der Waals surface area contributed by atoms with Crippen LogP contribution in [0.1, 0.15) is 70.4 Å². The van der Waals surface area contributed by atoms with E-state index >= 15 is 0 Å². The van der Waals surface area contributed by atoms with E-state index in [-0.39, 0.29) is 18.7 Å². The summed E-state index contributed by atoms with van der Waals surface area (Å²) < 4.78 is 49.3. The van der Waals surface area contributed by atoms with Gasteiger partial charge in [0.05, 0.1) is 18.2 Å². The molecule has 74 heavy (non-hydrogen) atoms. The van der Waals surface area contributed by atoms with Crippen LogP contribution in [0.5, 0.6) is 0 Å². The molecule has 0 aliphatic carbocycles. The molecule has 3 fully saturated rings. The molecule has 3 saturated heterocycles. The quantitative estimate of drug-likeness (QED) is 0.114. The highest BCUT2D eigenvalue weighted by Gasteiger charge is 2.67. The lowest BCUT2D eigenvalue weighted by Gasteiger charge is -2.41. The van der Waals surface area contributed by atoms with E-state index in [4.69, 9.17) is 37.5 Å². The standard InChI is InChI=1S/C64H57N2O7P/c1-62(2)70-58-59(71-62)64(53-32-17-7-18-33-53,54-34-19-8-20-35-54)73-74(72-63(58,51-28-13-5-14-29-51)52-30-15-6-16-31-52)69-42-46-22-21-27-50(40-46)47-38-36-45(37-39-47)41-55(60-65-56(43-67-60)48-23-9-3-10-24-48)61-66-57(44-68-61)49-25-11-4-12-26-49/h3-40,56-59,65H,41-44H2,1-2H3/b60-55+/t56-,57-,58-,59-/m1/s1. The summed E-state index contributed by atoms with van der Waals surface area (Å²) in [4.78, 5) is 5.10. The SMILES string of the molecule is CC1(C)O[C@@H]2[C@@H](O1)C(c1ccccc1)(c1ccccc1)OP(OCc1cccc(-c3ccc(C/C(C4=N[C@@H](c5ccccc5)CO4)=C4/N[C@@H](c5ccccc5)CO4)cc3)c1)OC2(c1ccccc1)c1ccccc1. The van der Waals surface area contributed by atoms with Gasteiger partial charge in [-0.2, -0.15) is 0 Å². The smallest absolute Gasteiger partial charge is 0.335 e. The first kappa shape index (κ1) is 47.8. The van der Waals surface area contributed by atoms with Crippen LogP contribution in [-0.2, 0) is 56.7 Å². The number of hydrogen-bond donors (Lipinski definition) is 1. The number of nitrogens with one attached hydrogen (secondary N) is 1. The number of ether oxygens (including phenoxy) is 4. The average molecular weight is 997 g/mol. The minimum Gasteiger partial charge on any atom is -0.476 e. The Bertz CT molecular complexity index is 3050. The molecule has 0 saturated carbocycles. The summed E-state index contributed by atoms with van der Waals surface area (Å²) in [5, 5.41) is 3.65. The maximum Gasteiger partial charge on any atom is 0.335 e. The van der Waals surface area contributed by atoms with Crippen molar-refractivity contribution in [2.75, 3.05) is 13.2 Å². The Balaban J connectivity index is 0.862. The maximum absolute atomic E-state index is 7.57. The van der Waals surface area contributed by atoms with Gasteiger partial charge in [0.15, 0.2) is 22.9 Å². The van der Waals surface area contributed by atoms with Gasteiger partial charge in [-0.3, -0.25) is 9.05 Å². The molecule has 0 amide bonds. The zero-order chi connectivity index (χ0) is 50.0. The summed E-state index contributed by atoms with van der Waals surface area (Å²) in [6, 6.07) is 78.8. The Morgan fingerprint density at radius 1 is 0.527 bits per heavy atom. The van der Waals surface area contributed by atoms with Crippen molar-refractivity contribution in [1.82, 2.24) is 5.32 Å². The largest absolute Gasteiger partial charge is 0.476 e. The fourth-order valence-electron chi connectivity index (χ4n) is 10.8. The number of rotatable bonds is 13. The van der Waals surface area contributed by atoms with Gasteiger partial charge in [-0.05, 0) is 75.5 Å². The Kier molecular flexibility index (Phi) is 13.3. The van der Waals surface area contributed by atoms with Crippen molar-refractivity contribution in [2.24, 2.45) is 4.99 Å².